The fraction of sp³-hybridized carbons (Fsp3) is 0.529. The molecule has 3 rings (SSSR count). The molecule has 2 heteroatoms. The lowest BCUT2D eigenvalue weighted by atomic mass is 9.99. The van der Waals surface area contributed by atoms with Crippen LogP contribution in [0.3, 0.4) is 0 Å². The van der Waals surface area contributed by atoms with Crippen LogP contribution in [0.5, 0.6) is 0 Å². The van der Waals surface area contributed by atoms with Crippen molar-refractivity contribution in [2.45, 2.75) is 32.6 Å². The highest BCUT2D eigenvalue weighted by atomic mass is 15.1. The quantitative estimate of drug-likeness (QED) is 0.875. The number of para-hydroxylation sites is 1. The van der Waals surface area contributed by atoms with Crippen LogP contribution in [0.2, 0.25) is 0 Å². The van der Waals surface area contributed by atoms with Crippen LogP contribution < -0.4 is 0 Å². The molecule has 0 bridgehead atoms. The number of aromatic amines is 1. The molecule has 2 aromatic rings. The first-order chi connectivity index (χ1) is 9.31. The van der Waals surface area contributed by atoms with E-state index in [1.807, 2.05) is 0 Å². The second kappa shape index (κ2) is 5.79. The predicted octanol–water partition coefficient (Wildman–Crippen LogP) is 4.08. The van der Waals surface area contributed by atoms with Crippen LogP contribution in [-0.4, -0.2) is 29.5 Å². The van der Waals surface area contributed by atoms with Gasteiger partial charge >= 0.3 is 0 Å². The van der Waals surface area contributed by atoms with Crippen molar-refractivity contribution >= 4 is 10.9 Å². The smallest absolute Gasteiger partial charge is 0.0456 e. The molecule has 1 aliphatic rings. The second-order valence-electron chi connectivity index (χ2n) is 6.01. The predicted molar refractivity (Wildman–Crippen MR) is 83.6 cm³/mol. The topological polar surface area (TPSA) is 19.0 Å². The molecule has 0 spiro atoms. The van der Waals surface area contributed by atoms with E-state index in [0.29, 0.717) is 0 Å². The second-order valence-corrected chi connectivity index (χ2v) is 6.01. The zero-order valence-corrected chi connectivity index (χ0v) is 11.9. The first kappa shape index (κ1) is 12.7. The summed E-state index contributed by atoms with van der Waals surface area (Å²) >= 11 is 0. The van der Waals surface area contributed by atoms with Gasteiger partial charge in [-0.05, 0) is 68.8 Å². The highest BCUT2D eigenvalue weighted by Gasteiger charge is 2.14. The van der Waals surface area contributed by atoms with Crippen LogP contribution in [-0.2, 0) is 6.42 Å². The first-order valence-electron chi connectivity index (χ1n) is 7.60. The van der Waals surface area contributed by atoms with Crippen LogP contribution in [0, 0.1) is 5.92 Å². The third kappa shape index (κ3) is 3.19. The monoisotopic (exact) mass is 258 g/mol. The van der Waals surface area contributed by atoms with Crippen molar-refractivity contribution < 1.29 is 1.43 Å². The average Bonchev–Trinajstić information content (AvgIpc) is 2.83. The zero-order valence-electron chi connectivity index (χ0n) is 11.9. The molecule has 0 radical (unpaired) electrons. The maximum Gasteiger partial charge on any atom is 0.0456 e. The Balaban J connectivity index is 0.00000147. The van der Waals surface area contributed by atoms with E-state index in [1.165, 1.54) is 61.9 Å². The Hall–Kier alpha value is -1.28. The molecule has 2 nitrogen and oxygen atoms in total. The van der Waals surface area contributed by atoms with Gasteiger partial charge in [-0.25, -0.2) is 0 Å². The lowest BCUT2D eigenvalue weighted by molar-refractivity contribution is 0.190. The summed E-state index contributed by atoms with van der Waals surface area (Å²) in [6.07, 6.45) is 5.20. The van der Waals surface area contributed by atoms with Gasteiger partial charge in [0.15, 0.2) is 0 Å². The summed E-state index contributed by atoms with van der Waals surface area (Å²) in [5, 5.41) is 1.34. The van der Waals surface area contributed by atoms with Crippen molar-refractivity contribution in [2.75, 3.05) is 19.6 Å². The van der Waals surface area contributed by atoms with E-state index in [-0.39, 0.29) is 1.43 Å². The van der Waals surface area contributed by atoms with Crippen molar-refractivity contribution in [3.05, 3.63) is 36.0 Å². The summed E-state index contributed by atoms with van der Waals surface area (Å²) in [6.45, 7) is 6.23. The van der Waals surface area contributed by atoms with Crippen LogP contribution in [0.15, 0.2) is 30.3 Å². The highest BCUT2D eigenvalue weighted by Crippen LogP contribution is 2.18. The summed E-state index contributed by atoms with van der Waals surface area (Å²) in [4.78, 5) is 6.15. The molecule has 19 heavy (non-hydrogen) atoms. The number of aryl methyl sites for hydroxylation is 1. The number of benzene rings is 1. The number of likely N-dealkylation sites (tertiary alicyclic amines) is 1. The van der Waals surface area contributed by atoms with Gasteiger partial charge in [0.25, 0.3) is 0 Å². The standard InChI is InChI=1S/C17H24N2.H2/c1-14-8-11-19(12-9-14)10-4-6-16-13-15-5-2-3-7-17(15)18-16;/h2-3,5,7,13-14,18H,4,6,8-12H2,1H3;1H. The van der Waals surface area contributed by atoms with Crippen LogP contribution >= 0.6 is 0 Å². The normalized spacial score (nSPS) is 18.2. The van der Waals surface area contributed by atoms with E-state index >= 15 is 0 Å². The van der Waals surface area contributed by atoms with Crippen molar-refractivity contribution in [3.63, 3.8) is 0 Å². The average molecular weight is 258 g/mol. The molecular formula is C17H26N2. The third-order valence-corrected chi connectivity index (χ3v) is 4.38. The van der Waals surface area contributed by atoms with Crippen molar-refractivity contribution in [1.82, 2.24) is 9.88 Å². The Morgan fingerprint density at radius 3 is 2.84 bits per heavy atom. The summed E-state index contributed by atoms with van der Waals surface area (Å²) in [5.41, 5.74) is 2.65. The van der Waals surface area contributed by atoms with Crippen LogP contribution in [0.1, 0.15) is 33.3 Å². The molecule has 1 aliphatic heterocycles. The van der Waals surface area contributed by atoms with Gasteiger partial charge in [-0.3, -0.25) is 0 Å². The minimum atomic E-state index is 0. The molecule has 1 saturated heterocycles. The van der Waals surface area contributed by atoms with E-state index in [1.54, 1.807) is 0 Å². The number of nitrogens with one attached hydrogen (secondary N) is 1. The van der Waals surface area contributed by atoms with E-state index in [2.05, 4.69) is 47.1 Å². The number of aromatic nitrogens is 1. The number of piperidine rings is 1. The molecule has 104 valence electrons. The molecule has 0 unspecified atom stereocenters. The number of H-pyrrole nitrogens is 1. The summed E-state index contributed by atoms with van der Waals surface area (Å²) in [6, 6.07) is 10.8. The summed E-state index contributed by atoms with van der Waals surface area (Å²) in [7, 11) is 0. The summed E-state index contributed by atoms with van der Waals surface area (Å²) in [5.74, 6) is 0.935. The first-order valence-corrected chi connectivity index (χ1v) is 7.60. The molecule has 0 amide bonds. The summed E-state index contributed by atoms with van der Waals surface area (Å²) < 4.78 is 0. The zero-order chi connectivity index (χ0) is 13.1. The fourth-order valence-corrected chi connectivity index (χ4v) is 3.05. The maximum absolute atomic E-state index is 3.52. The maximum atomic E-state index is 3.52. The Morgan fingerprint density at radius 2 is 2.05 bits per heavy atom. The molecular weight excluding hydrogens is 232 g/mol. The minimum absolute atomic E-state index is 0. The Morgan fingerprint density at radius 1 is 1.26 bits per heavy atom. The Labute approximate surface area is 117 Å². The van der Waals surface area contributed by atoms with Crippen molar-refractivity contribution in [3.8, 4) is 0 Å². The SMILES string of the molecule is CC1CCN(CCCc2cc3ccccc3[nH]2)CC1.[HH]. The largest absolute Gasteiger partial charge is 0.358 e. The van der Waals surface area contributed by atoms with E-state index in [9.17, 15) is 0 Å². The highest BCUT2D eigenvalue weighted by molar-refractivity contribution is 5.80. The van der Waals surface area contributed by atoms with Crippen molar-refractivity contribution in [2.24, 2.45) is 5.92 Å². The van der Waals surface area contributed by atoms with Gasteiger partial charge in [-0.2, -0.15) is 0 Å². The van der Waals surface area contributed by atoms with Crippen LogP contribution in [0.25, 0.3) is 10.9 Å². The van der Waals surface area contributed by atoms with E-state index < -0.39 is 0 Å². The minimum Gasteiger partial charge on any atom is -0.358 e. The molecule has 1 aromatic heterocycles. The van der Waals surface area contributed by atoms with Gasteiger partial charge in [0, 0.05) is 12.6 Å². The molecule has 1 fully saturated rings. The molecule has 2 heterocycles. The molecule has 1 aromatic carbocycles. The van der Waals surface area contributed by atoms with Gasteiger partial charge in [-0.1, -0.05) is 25.1 Å². The van der Waals surface area contributed by atoms with E-state index in [0.717, 1.165) is 5.92 Å². The third-order valence-electron chi connectivity index (χ3n) is 4.38. The van der Waals surface area contributed by atoms with Gasteiger partial charge in [0.2, 0.25) is 0 Å². The molecule has 1 N–H and O–H groups in total. The Kier molecular flexibility index (Phi) is 3.88. The van der Waals surface area contributed by atoms with Gasteiger partial charge < -0.3 is 9.88 Å². The van der Waals surface area contributed by atoms with Gasteiger partial charge in [0.05, 0.1) is 0 Å². The fourth-order valence-electron chi connectivity index (χ4n) is 3.05. The number of hydrogen-bond acceptors (Lipinski definition) is 1. The lowest BCUT2D eigenvalue weighted by Gasteiger charge is -2.30. The Bertz CT molecular complexity index is 494. The molecule has 0 saturated carbocycles. The van der Waals surface area contributed by atoms with Gasteiger partial charge in [-0.15, -0.1) is 0 Å². The van der Waals surface area contributed by atoms with Crippen molar-refractivity contribution in [1.29, 1.82) is 0 Å². The number of rotatable bonds is 4. The molecule has 0 atom stereocenters. The lowest BCUT2D eigenvalue weighted by Crippen LogP contribution is -2.33. The molecule has 0 aliphatic carbocycles. The van der Waals surface area contributed by atoms with Gasteiger partial charge in [0.1, 0.15) is 0 Å². The number of hydrogen-bond donors (Lipinski definition) is 1. The van der Waals surface area contributed by atoms with E-state index in [4.69, 9.17) is 0 Å². The number of nitrogens with zero attached hydrogens (tertiary/aromatic N) is 1. The van der Waals surface area contributed by atoms with Crippen LogP contribution in [0.4, 0.5) is 0 Å². The number of fused-ring (bicyclic) bond motifs is 1.